The molecule has 2 N–H and O–H groups in total. The Kier molecular flexibility index (Phi) is 6.34. The molecule has 0 saturated carbocycles. The molecular weight excluding hydrogens is 305 g/mol. The molecule has 0 bridgehead atoms. The summed E-state index contributed by atoms with van der Waals surface area (Å²) in [6.07, 6.45) is 0. The molecule has 0 saturated heterocycles. The maximum absolute atomic E-state index is 13.5. The molecule has 0 radical (unpaired) electrons. The molecule has 0 aliphatic carbocycles. The lowest BCUT2D eigenvalue weighted by Crippen LogP contribution is -2.41. The SMILES string of the molecule is CN=C(NCCS(=O)(=O)C(C)(C)C)NCc1ccccc1F. The summed E-state index contributed by atoms with van der Waals surface area (Å²) in [5.74, 6) is 0.157. The first-order valence-electron chi connectivity index (χ1n) is 7.07. The fourth-order valence-corrected chi connectivity index (χ4v) is 2.63. The van der Waals surface area contributed by atoms with E-state index in [1.54, 1.807) is 46.0 Å². The van der Waals surface area contributed by atoms with Crippen molar-refractivity contribution < 1.29 is 12.8 Å². The van der Waals surface area contributed by atoms with Crippen LogP contribution in [0.2, 0.25) is 0 Å². The molecule has 7 heteroatoms. The molecule has 0 aromatic heterocycles. The zero-order chi connectivity index (χ0) is 16.8. The minimum Gasteiger partial charge on any atom is -0.355 e. The van der Waals surface area contributed by atoms with Crippen LogP contribution in [0, 0.1) is 5.82 Å². The van der Waals surface area contributed by atoms with Crippen LogP contribution in [0.1, 0.15) is 26.3 Å². The van der Waals surface area contributed by atoms with E-state index in [-0.39, 0.29) is 24.7 Å². The number of hydrogen-bond donors (Lipinski definition) is 2. The van der Waals surface area contributed by atoms with Gasteiger partial charge in [-0.05, 0) is 26.8 Å². The zero-order valence-corrected chi connectivity index (χ0v) is 14.3. The molecule has 124 valence electrons. The number of aliphatic imine (C=N–C) groups is 1. The number of guanidine groups is 1. The topological polar surface area (TPSA) is 70.6 Å². The first-order chi connectivity index (χ1) is 10.2. The molecule has 0 heterocycles. The second-order valence-corrected chi connectivity index (χ2v) is 8.74. The lowest BCUT2D eigenvalue weighted by atomic mass is 10.2. The van der Waals surface area contributed by atoms with E-state index in [9.17, 15) is 12.8 Å². The molecule has 1 aromatic rings. The maximum Gasteiger partial charge on any atom is 0.191 e. The Morgan fingerprint density at radius 2 is 1.86 bits per heavy atom. The van der Waals surface area contributed by atoms with Gasteiger partial charge in [-0.3, -0.25) is 4.99 Å². The molecule has 0 aliphatic rings. The minimum atomic E-state index is -3.18. The largest absolute Gasteiger partial charge is 0.355 e. The standard InChI is InChI=1S/C15H24FN3O2S/c1-15(2,3)22(20,21)10-9-18-14(17-4)19-11-12-7-5-6-8-13(12)16/h5-8H,9-11H2,1-4H3,(H2,17,18,19). The van der Waals surface area contributed by atoms with Crippen LogP contribution in [0.5, 0.6) is 0 Å². The summed E-state index contributed by atoms with van der Waals surface area (Å²) in [6.45, 7) is 5.55. The average Bonchev–Trinajstić information content (AvgIpc) is 2.42. The summed E-state index contributed by atoms with van der Waals surface area (Å²) < 4.78 is 36.7. The Morgan fingerprint density at radius 1 is 1.23 bits per heavy atom. The van der Waals surface area contributed by atoms with Gasteiger partial charge in [0.2, 0.25) is 0 Å². The summed E-state index contributed by atoms with van der Waals surface area (Å²) in [6, 6.07) is 6.46. The highest BCUT2D eigenvalue weighted by atomic mass is 32.2. The second kappa shape index (κ2) is 7.58. The molecule has 1 rings (SSSR count). The predicted molar refractivity (Wildman–Crippen MR) is 88.1 cm³/mol. The van der Waals surface area contributed by atoms with Gasteiger partial charge in [-0.25, -0.2) is 12.8 Å². The molecule has 0 aliphatic heterocycles. The van der Waals surface area contributed by atoms with E-state index in [1.165, 1.54) is 6.07 Å². The molecule has 0 amide bonds. The molecule has 0 atom stereocenters. The van der Waals surface area contributed by atoms with Crippen molar-refractivity contribution in [2.24, 2.45) is 4.99 Å². The van der Waals surface area contributed by atoms with Crippen molar-refractivity contribution in [2.45, 2.75) is 32.1 Å². The Balaban J connectivity index is 2.49. The Hall–Kier alpha value is -1.63. The lowest BCUT2D eigenvalue weighted by Gasteiger charge is -2.19. The average molecular weight is 329 g/mol. The summed E-state index contributed by atoms with van der Waals surface area (Å²) in [4.78, 5) is 3.99. The highest BCUT2D eigenvalue weighted by molar-refractivity contribution is 7.92. The number of halogens is 1. The lowest BCUT2D eigenvalue weighted by molar-refractivity contribution is 0.559. The number of benzene rings is 1. The Morgan fingerprint density at radius 3 is 2.41 bits per heavy atom. The van der Waals surface area contributed by atoms with Gasteiger partial charge in [0.05, 0.1) is 10.5 Å². The van der Waals surface area contributed by atoms with E-state index in [0.29, 0.717) is 11.5 Å². The van der Waals surface area contributed by atoms with Gasteiger partial charge in [0.15, 0.2) is 15.8 Å². The molecule has 0 fully saturated rings. The van der Waals surface area contributed by atoms with E-state index < -0.39 is 14.6 Å². The van der Waals surface area contributed by atoms with E-state index in [1.807, 2.05) is 0 Å². The van der Waals surface area contributed by atoms with E-state index in [0.717, 1.165) is 0 Å². The van der Waals surface area contributed by atoms with Crippen LogP contribution < -0.4 is 10.6 Å². The van der Waals surface area contributed by atoms with Crippen LogP contribution in [0.25, 0.3) is 0 Å². The van der Waals surface area contributed by atoms with Crippen LogP contribution >= 0.6 is 0 Å². The molecule has 5 nitrogen and oxygen atoms in total. The maximum atomic E-state index is 13.5. The quantitative estimate of drug-likeness (QED) is 0.637. The van der Waals surface area contributed by atoms with Crippen molar-refractivity contribution in [3.8, 4) is 0 Å². The van der Waals surface area contributed by atoms with Gasteiger partial charge in [-0.15, -0.1) is 0 Å². The molecule has 22 heavy (non-hydrogen) atoms. The second-order valence-electron chi connectivity index (χ2n) is 5.88. The number of hydrogen-bond acceptors (Lipinski definition) is 3. The van der Waals surface area contributed by atoms with Crippen molar-refractivity contribution in [2.75, 3.05) is 19.3 Å². The first-order valence-corrected chi connectivity index (χ1v) is 8.73. The number of nitrogens with zero attached hydrogens (tertiary/aromatic N) is 1. The minimum absolute atomic E-state index is 0.0108. The van der Waals surface area contributed by atoms with Crippen molar-refractivity contribution >= 4 is 15.8 Å². The van der Waals surface area contributed by atoms with E-state index in [4.69, 9.17) is 0 Å². The highest BCUT2D eigenvalue weighted by Crippen LogP contribution is 2.15. The summed E-state index contributed by atoms with van der Waals surface area (Å²) in [7, 11) is -1.60. The third kappa shape index (κ3) is 5.29. The summed E-state index contributed by atoms with van der Waals surface area (Å²) >= 11 is 0. The van der Waals surface area contributed by atoms with E-state index >= 15 is 0 Å². The number of rotatable bonds is 5. The zero-order valence-electron chi connectivity index (χ0n) is 13.5. The fourth-order valence-electron chi connectivity index (χ4n) is 1.65. The molecule has 0 spiro atoms. The number of sulfone groups is 1. The van der Waals surface area contributed by atoms with E-state index in [2.05, 4.69) is 15.6 Å². The fraction of sp³-hybridized carbons (Fsp3) is 0.533. The molecule has 0 unspecified atom stereocenters. The molecule has 1 aromatic carbocycles. The van der Waals surface area contributed by atoms with Gasteiger partial charge in [0.1, 0.15) is 5.82 Å². The third-order valence-electron chi connectivity index (χ3n) is 3.22. The van der Waals surface area contributed by atoms with Gasteiger partial charge in [0.25, 0.3) is 0 Å². The van der Waals surface area contributed by atoms with Crippen LogP contribution in [0.15, 0.2) is 29.3 Å². The Labute approximate surface area is 132 Å². The smallest absolute Gasteiger partial charge is 0.191 e. The van der Waals surface area contributed by atoms with Crippen molar-refractivity contribution in [3.63, 3.8) is 0 Å². The molecular formula is C15H24FN3O2S. The highest BCUT2D eigenvalue weighted by Gasteiger charge is 2.28. The summed E-state index contributed by atoms with van der Waals surface area (Å²) in [5.41, 5.74) is 0.521. The monoisotopic (exact) mass is 329 g/mol. The van der Waals surface area contributed by atoms with Crippen molar-refractivity contribution in [1.29, 1.82) is 0 Å². The first kappa shape index (κ1) is 18.4. The van der Waals surface area contributed by atoms with Crippen LogP contribution in [0.3, 0.4) is 0 Å². The van der Waals surface area contributed by atoms with Crippen LogP contribution in [-0.4, -0.2) is 38.5 Å². The van der Waals surface area contributed by atoms with Crippen LogP contribution in [0.4, 0.5) is 4.39 Å². The van der Waals surface area contributed by atoms with Gasteiger partial charge in [-0.2, -0.15) is 0 Å². The Bertz CT molecular complexity index is 622. The normalized spacial score (nSPS) is 13.0. The van der Waals surface area contributed by atoms with Gasteiger partial charge in [0, 0.05) is 25.7 Å². The van der Waals surface area contributed by atoms with Gasteiger partial charge >= 0.3 is 0 Å². The van der Waals surface area contributed by atoms with Gasteiger partial charge < -0.3 is 10.6 Å². The van der Waals surface area contributed by atoms with Crippen molar-refractivity contribution in [3.05, 3.63) is 35.6 Å². The third-order valence-corrected chi connectivity index (χ3v) is 5.83. The number of nitrogens with one attached hydrogen (secondary N) is 2. The summed E-state index contributed by atoms with van der Waals surface area (Å²) in [5, 5.41) is 5.88. The van der Waals surface area contributed by atoms with Crippen LogP contribution in [-0.2, 0) is 16.4 Å². The predicted octanol–water partition coefficient (Wildman–Crippen LogP) is 1.70. The van der Waals surface area contributed by atoms with Gasteiger partial charge in [-0.1, -0.05) is 18.2 Å². The van der Waals surface area contributed by atoms with Crippen molar-refractivity contribution in [1.82, 2.24) is 10.6 Å².